The molecule has 2 aromatic carbocycles. The number of para-hydroxylation sites is 1. The number of hydrogen-bond donors (Lipinski definition) is 1. The molecular weight excluding hydrogens is 556 g/mol. The number of thiophene rings is 1. The van der Waals surface area contributed by atoms with Gasteiger partial charge >= 0.3 is 0 Å². The van der Waals surface area contributed by atoms with Crippen molar-refractivity contribution in [3.8, 4) is 16.6 Å². The zero-order valence-corrected chi connectivity index (χ0v) is 21.7. The Hall–Kier alpha value is -2.33. The predicted molar refractivity (Wildman–Crippen MR) is 141 cm³/mol. The van der Waals surface area contributed by atoms with Gasteiger partial charge in [0.2, 0.25) is 3.84 Å². The van der Waals surface area contributed by atoms with Crippen LogP contribution in [0.4, 0.5) is 0 Å². The highest BCUT2D eigenvalue weighted by atomic mass is 79.9. The fraction of sp³-hybridized carbons (Fsp3) is 0.160. The third-order valence-electron chi connectivity index (χ3n) is 5.05. The Kier molecular flexibility index (Phi) is 6.70. The van der Waals surface area contributed by atoms with Crippen LogP contribution >= 0.6 is 50.8 Å². The van der Waals surface area contributed by atoms with Gasteiger partial charge in [-0.05, 0) is 93.1 Å². The van der Waals surface area contributed by atoms with Gasteiger partial charge < -0.3 is 19.3 Å². The van der Waals surface area contributed by atoms with Gasteiger partial charge in [0.15, 0.2) is 15.9 Å². The highest BCUT2D eigenvalue weighted by Crippen LogP contribution is 2.47. The van der Waals surface area contributed by atoms with Gasteiger partial charge in [-0.2, -0.15) is 0 Å². The lowest BCUT2D eigenvalue weighted by atomic mass is 10.0. The number of thioether (sulfide) groups is 2. The van der Waals surface area contributed by atoms with Crippen molar-refractivity contribution in [2.45, 2.75) is 16.1 Å². The monoisotopic (exact) mass is 574 g/mol. The number of benzene rings is 2. The number of carbonyl (C=O) groups excluding carboxylic acids is 1. The Labute approximate surface area is 217 Å². The average Bonchev–Trinajstić information content (AvgIpc) is 3.57. The van der Waals surface area contributed by atoms with Gasteiger partial charge in [0.1, 0.15) is 11.5 Å². The van der Waals surface area contributed by atoms with Crippen molar-refractivity contribution in [3.05, 3.63) is 99.8 Å². The van der Waals surface area contributed by atoms with E-state index in [1.165, 1.54) is 11.3 Å². The quantitative estimate of drug-likeness (QED) is 0.171. The van der Waals surface area contributed by atoms with E-state index in [0.29, 0.717) is 34.8 Å². The lowest BCUT2D eigenvalue weighted by molar-refractivity contribution is -0.0452. The molecule has 9 heteroatoms. The minimum Gasteiger partial charge on any atom is -0.502 e. The van der Waals surface area contributed by atoms with Crippen LogP contribution in [0.25, 0.3) is 0 Å². The summed E-state index contributed by atoms with van der Waals surface area (Å²) in [6.45, 7) is 0. The molecule has 2 aliphatic rings. The molecule has 2 atom stereocenters. The lowest BCUT2D eigenvalue weighted by Crippen LogP contribution is -2.41. The summed E-state index contributed by atoms with van der Waals surface area (Å²) in [4.78, 5) is 13.3. The molecule has 34 heavy (non-hydrogen) atoms. The van der Waals surface area contributed by atoms with E-state index < -0.39 is 9.63 Å². The topological polar surface area (TPSA) is 65.0 Å². The van der Waals surface area contributed by atoms with E-state index in [1.54, 1.807) is 60.3 Å². The first-order valence-corrected chi connectivity index (χ1v) is 13.9. The maximum atomic E-state index is 13.3. The van der Waals surface area contributed by atoms with E-state index in [4.69, 9.17) is 14.2 Å². The second-order valence-corrected chi connectivity index (χ2v) is 12.4. The Morgan fingerprint density at radius 2 is 1.82 bits per heavy atom. The summed E-state index contributed by atoms with van der Waals surface area (Å²) >= 11 is 7.82. The maximum absolute atomic E-state index is 13.3. The van der Waals surface area contributed by atoms with E-state index in [-0.39, 0.29) is 10.9 Å². The number of rotatable bonds is 8. The SMILES string of the molecule is O=C(c1ccc(OC2(Oc3cccs3)C=CSC2)cc1)c1ccccc1OC1(Br)CC=C(O)S1. The summed E-state index contributed by atoms with van der Waals surface area (Å²) in [7, 11) is 0. The second kappa shape index (κ2) is 9.73. The Bertz CT molecular complexity index is 1240. The molecular formula is C25H19BrO5S3. The first kappa shape index (κ1) is 23.4. The molecule has 0 aliphatic carbocycles. The highest BCUT2D eigenvalue weighted by Gasteiger charge is 2.37. The number of aliphatic hydroxyl groups is 1. The van der Waals surface area contributed by atoms with Crippen LogP contribution in [0.1, 0.15) is 22.3 Å². The van der Waals surface area contributed by atoms with E-state index in [2.05, 4.69) is 15.9 Å². The van der Waals surface area contributed by atoms with Crippen molar-refractivity contribution in [2.24, 2.45) is 0 Å². The number of ketones is 1. The second-order valence-electron chi connectivity index (χ2n) is 7.52. The van der Waals surface area contributed by atoms with Gasteiger partial charge in [-0.1, -0.05) is 12.1 Å². The predicted octanol–water partition coefficient (Wildman–Crippen LogP) is 7.36. The molecule has 5 nitrogen and oxygen atoms in total. The van der Waals surface area contributed by atoms with Crippen LogP contribution in [0.15, 0.2) is 88.7 Å². The van der Waals surface area contributed by atoms with Gasteiger partial charge in [0, 0.05) is 18.1 Å². The summed E-state index contributed by atoms with van der Waals surface area (Å²) in [5, 5.41) is 14.6. The Balaban J connectivity index is 1.32. The maximum Gasteiger partial charge on any atom is 0.282 e. The largest absolute Gasteiger partial charge is 0.502 e. The smallest absolute Gasteiger partial charge is 0.282 e. The summed E-state index contributed by atoms with van der Waals surface area (Å²) in [6.07, 6.45) is 4.06. The van der Waals surface area contributed by atoms with Gasteiger partial charge in [-0.15, -0.1) is 23.1 Å². The molecule has 2 unspecified atom stereocenters. The minimum absolute atomic E-state index is 0.167. The van der Waals surface area contributed by atoms with Crippen molar-refractivity contribution in [3.63, 3.8) is 0 Å². The standard InChI is InChI=1S/C25H19BrO5S3/c26-25(12-11-21(27)34-25)30-20-5-2-1-4-19(20)23(28)17-7-9-18(10-8-17)29-24(13-15-32-16-24)31-22-6-3-14-33-22/h1-11,13-15,27H,12,16H2. The summed E-state index contributed by atoms with van der Waals surface area (Å²) in [5.74, 6) is 0.626. The van der Waals surface area contributed by atoms with E-state index >= 15 is 0 Å². The van der Waals surface area contributed by atoms with Crippen molar-refractivity contribution < 1.29 is 24.1 Å². The minimum atomic E-state index is -0.885. The van der Waals surface area contributed by atoms with E-state index in [1.807, 2.05) is 35.1 Å². The van der Waals surface area contributed by atoms with Crippen LogP contribution in [0.5, 0.6) is 16.6 Å². The molecule has 174 valence electrons. The van der Waals surface area contributed by atoms with E-state index in [9.17, 15) is 9.90 Å². The molecule has 0 spiro atoms. The van der Waals surface area contributed by atoms with Crippen LogP contribution in [-0.4, -0.2) is 26.3 Å². The van der Waals surface area contributed by atoms with E-state index in [0.717, 1.165) is 16.8 Å². The zero-order valence-electron chi connectivity index (χ0n) is 17.7. The molecule has 0 bridgehead atoms. The number of hydrogen-bond acceptors (Lipinski definition) is 8. The zero-order chi connectivity index (χ0) is 23.6. The van der Waals surface area contributed by atoms with Gasteiger partial charge in [-0.3, -0.25) is 4.79 Å². The van der Waals surface area contributed by atoms with Crippen molar-refractivity contribution in [1.29, 1.82) is 0 Å². The first-order valence-electron chi connectivity index (χ1n) is 10.3. The number of aliphatic hydroxyl groups excluding tert-OH is 1. The third kappa shape index (κ3) is 5.17. The fourth-order valence-electron chi connectivity index (χ4n) is 3.45. The fourth-order valence-corrected chi connectivity index (χ4v) is 6.55. The molecule has 5 rings (SSSR count). The molecule has 1 N–H and O–H groups in total. The van der Waals surface area contributed by atoms with Crippen LogP contribution in [-0.2, 0) is 0 Å². The molecule has 0 amide bonds. The number of carbonyl (C=O) groups is 1. The van der Waals surface area contributed by atoms with Crippen molar-refractivity contribution >= 4 is 56.6 Å². The Morgan fingerprint density at radius 1 is 1.00 bits per heavy atom. The van der Waals surface area contributed by atoms with Crippen molar-refractivity contribution in [1.82, 2.24) is 0 Å². The molecule has 0 saturated heterocycles. The molecule has 2 aliphatic heterocycles. The number of alkyl halides is 1. The molecule has 0 radical (unpaired) electrons. The highest BCUT2D eigenvalue weighted by molar-refractivity contribution is 9.11. The molecule has 3 aromatic rings. The normalized spacial score (nSPS) is 23.5. The van der Waals surface area contributed by atoms with Gasteiger partial charge in [0.05, 0.1) is 11.3 Å². The van der Waals surface area contributed by atoms with Crippen LogP contribution in [0, 0.1) is 0 Å². The first-order chi connectivity index (χ1) is 16.4. The summed E-state index contributed by atoms with van der Waals surface area (Å²) in [6, 6.07) is 18.0. The summed E-state index contributed by atoms with van der Waals surface area (Å²) < 4.78 is 17.6. The van der Waals surface area contributed by atoms with Crippen molar-refractivity contribution in [2.75, 3.05) is 5.75 Å². The molecule has 0 fully saturated rings. The third-order valence-corrected chi connectivity index (χ3v) is 8.59. The number of ether oxygens (including phenoxy) is 3. The van der Waals surface area contributed by atoms with Crippen LogP contribution in [0.2, 0.25) is 0 Å². The Morgan fingerprint density at radius 3 is 2.50 bits per heavy atom. The molecule has 3 heterocycles. The van der Waals surface area contributed by atoms with Crippen LogP contribution in [0.3, 0.4) is 0 Å². The van der Waals surface area contributed by atoms with Gasteiger partial charge in [0.25, 0.3) is 5.79 Å². The van der Waals surface area contributed by atoms with Crippen LogP contribution < -0.4 is 14.2 Å². The number of halogens is 1. The lowest BCUT2D eigenvalue weighted by Gasteiger charge is -2.28. The molecule has 0 saturated carbocycles. The average molecular weight is 576 g/mol. The molecule has 1 aromatic heterocycles. The summed E-state index contributed by atoms with van der Waals surface area (Å²) in [5.41, 5.74) is 0.950. The van der Waals surface area contributed by atoms with Gasteiger partial charge in [-0.25, -0.2) is 0 Å².